The Kier molecular flexibility index (Phi) is 5.71. The summed E-state index contributed by atoms with van der Waals surface area (Å²) in [5, 5.41) is 24.0. The summed E-state index contributed by atoms with van der Waals surface area (Å²) in [7, 11) is 0. The van der Waals surface area contributed by atoms with Crippen molar-refractivity contribution in [2.45, 2.75) is 12.3 Å². The molecular weight excluding hydrogens is 362 g/mol. The SMILES string of the molecule is O=C(O)CNC(=O)c1nc(C2(OCc3ccccc3)C=CC=CN2)ccc1O. The van der Waals surface area contributed by atoms with Gasteiger partial charge in [0.15, 0.2) is 5.69 Å². The molecule has 8 heteroatoms. The number of aromatic nitrogens is 1. The number of pyridine rings is 1. The first-order valence-electron chi connectivity index (χ1n) is 8.50. The van der Waals surface area contributed by atoms with Gasteiger partial charge < -0.3 is 25.6 Å². The summed E-state index contributed by atoms with van der Waals surface area (Å²) in [5.41, 5.74) is -0.154. The van der Waals surface area contributed by atoms with Crippen LogP contribution in [0.4, 0.5) is 0 Å². The van der Waals surface area contributed by atoms with Crippen molar-refractivity contribution in [1.82, 2.24) is 15.6 Å². The molecule has 1 aromatic carbocycles. The van der Waals surface area contributed by atoms with E-state index in [9.17, 15) is 14.7 Å². The van der Waals surface area contributed by atoms with Gasteiger partial charge in [-0.2, -0.15) is 0 Å². The molecule has 0 saturated carbocycles. The molecule has 1 aromatic heterocycles. The molecule has 1 aliphatic rings. The van der Waals surface area contributed by atoms with Gasteiger partial charge in [0.2, 0.25) is 5.72 Å². The number of aromatic hydroxyl groups is 1. The van der Waals surface area contributed by atoms with Gasteiger partial charge in [-0.25, -0.2) is 4.98 Å². The minimum Gasteiger partial charge on any atom is -0.505 e. The van der Waals surface area contributed by atoms with Crippen molar-refractivity contribution < 1.29 is 24.5 Å². The smallest absolute Gasteiger partial charge is 0.322 e. The Morgan fingerprint density at radius 2 is 1.93 bits per heavy atom. The number of carbonyl (C=O) groups excluding carboxylic acids is 1. The quantitative estimate of drug-likeness (QED) is 0.575. The van der Waals surface area contributed by atoms with E-state index in [1.807, 2.05) is 30.3 Å². The maximum absolute atomic E-state index is 12.2. The summed E-state index contributed by atoms with van der Waals surface area (Å²) in [6.07, 6.45) is 6.99. The molecule has 0 spiro atoms. The lowest BCUT2D eigenvalue weighted by molar-refractivity contribution is -0.135. The lowest BCUT2D eigenvalue weighted by atomic mass is 10.0. The molecule has 8 nitrogen and oxygen atoms in total. The van der Waals surface area contributed by atoms with Crippen LogP contribution in [0.15, 0.2) is 66.9 Å². The number of benzene rings is 1. The second-order valence-electron chi connectivity index (χ2n) is 6.01. The number of hydrogen-bond acceptors (Lipinski definition) is 6. The van der Waals surface area contributed by atoms with Crippen molar-refractivity contribution in [3.05, 3.63) is 83.8 Å². The number of aliphatic carboxylic acids is 1. The average Bonchev–Trinajstić information content (AvgIpc) is 2.72. The summed E-state index contributed by atoms with van der Waals surface area (Å²) < 4.78 is 6.10. The van der Waals surface area contributed by atoms with E-state index in [0.29, 0.717) is 5.69 Å². The number of carboxylic acid groups (broad SMARTS) is 1. The zero-order valence-corrected chi connectivity index (χ0v) is 14.8. The molecule has 0 saturated heterocycles. The number of dihydropyridines is 1. The number of nitrogens with one attached hydrogen (secondary N) is 2. The zero-order valence-electron chi connectivity index (χ0n) is 14.8. The van der Waals surface area contributed by atoms with Gasteiger partial charge in [0, 0.05) is 0 Å². The van der Waals surface area contributed by atoms with E-state index in [2.05, 4.69) is 15.6 Å². The van der Waals surface area contributed by atoms with Crippen molar-refractivity contribution in [3.63, 3.8) is 0 Å². The molecule has 1 amide bonds. The zero-order chi connectivity index (χ0) is 20.0. The van der Waals surface area contributed by atoms with E-state index in [0.717, 1.165) is 5.56 Å². The molecule has 0 radical (unpaired) electrons. The number of carbonyl (C=O) groups is 2. The molecule has 1 unspecified atom stereocenters. The standard InChI is InChI=1S/C20H19N3O5/c24-15-8-9-16(23-18(15)19(27)21-12-17(25)26)20(10-4-5-11-22-20)28-13-14-6-2-1-3-7-14/h1-11,22,24H,12-13H2,(H,21,27)(H,25,26). The van der Waals surface area contributed by atoms with E-state index in [1.165, 1.54) is 12.1 Å². The van der Waals surface area contributed by atoms with Crippen LogP contribution < -0.4 is 10.6 Å². The molecule has 0 fully saturated rings. The highest BCUT2D eigenvalue weighted by atomic mass is 16.5. The number of nitrogens with zero attached hydrogens (tertiary/aromatic N) is 1. The summed E-state index contributed by atoms with van der Waals surface area (Å²) in [6, 6.07) is 12.4. The highest BCUT2D eigenvalue weighted by Crippen LogP contribution is 2.29. The summed E-state index contributed by atoms with van der Waals surface area (Å²) in [4.78, 5) is 27.1. The number of hydrogen-bond donors (Lipinski definition) is 4. The Balaban J connectivity index is 1.89. The van der Waals surface area contributed by atoms with Crippen molar-refractivity contribution >= 4 is 11.9 Å². The Morgan fingerprint density at radius 1 is 1.14 bits per heavy atom. The number of allylic oxidation sites excluding steroid dienone is 2. The summed E-state index contributed by atoms with van der Waals surface area (Å²) in [5.74, 6) is -2.36. The van der Waals surface area contributed by atoms with Crippen molar-refractivity contribution in [2.24, 2.45) is 0 Å². The summed E-state index contributed by atoms with van der Waals surface area (Å²) >= 11 is 0. The Bertz CT molecular complexity index is 927. The van der Waals surface area contributed by atoms with Gasteiger partial charge in [-0.05, 0) is 36.0 Å². The van der Waals surface area contributed by atoms with Crippen LogP contribution in [0.25, 0.3) is 0 Å². The van der Waals surface area contributed by atoms with Gasteiger partial charge in [0.05, 0.1) is 12.3 Å². The van der Waals surface area contributed by atoms with Gasteiger partial charge in [-0.3, -0.25) is 9.59 Å². The highest BCUT2D eigenvalue weighted by Gasteiger charge is 2.33. The summed E-state index contributed by atoms with van der Waals surface area (Å²) in [6.45, 7) is -0.310. The van der Waals surface area contributed by atoms with Gasteiger partial charge in [-0.15, -0.1) is 0 Å². The molecule has 1 aliphatic heterocycles. The number of carboxylic acids is 1. The van der Waals surface area contributed by atoms with Crippen LogP contribution in [0.3, 0.4) is 0 Å². The third-order valence-electron chi connectivity index (χ3n) is 4.02. The molecular formula is C20H19N3O5. The second-order valence-corrected chi connectivity index (χ2v) is 6.01. The van der Waals surface area contributed by atoms with Crippen LogP contribution in [-0.4, -0.2) is 33.6 Å². The number of rotatable bonds is 7. The molecule has 3 rings (SSSR count). The first kappa shape index (κ1) is 19.1. The monoisotopic (exact) mass is 381 g/mol. The van der Waals surface area contributed by atoms with Crippen LogP contribution in [0, 0.1) is 0 Å². The molecule has 2 heterocycles. The fourth-order valence-electron chi connectivity index (χ4n) is 2.63. The van der Waals surface area contributed by atoms with Gasteiger partial charge in [-0.1, -0.05) is 36.4 Å². The predicted octanol–water partition coefficient (Wildman–Crippen LogP) is 1.64. The third kappa shape index (κ3) is 4.36. The minimum absolute atomic E-state index is 0.273. The van der Waals surface area contributed by atoms with E-state index in [4.69, 9.17) is 9.84 Å². The third-order valence-corrected chi connectivity index (χ3v) is 4.02. The lowest BCUT2D eigenvalue weighted by Gasteiger charge is -2.32. The maximum Gasteiger partial charge on any atom is 0.322 e. The fourth-order valence-corrected chi connectivity index (χ4v) is 2.63. The largest absolute Gasteiger partial charge is 0.505 e. The van der Waals surface area contributed by atoms with Gasteiger partial charge in [0.25, 0.3) is 5.91 Å². The number of ether oxygens (including phenoxy) is 1. The molecule has 4 N–H and O–H groups in total. The van der Waals surface area contributed by atoms with Gasteiger partial charge >= 0.3 is 5.97 Å². The topological polar surface area (TPSA) is 121 Å². The first-order chi connectivity index (χ1) is 13.5. The molecule has 0 aliphatic carbocycles. The molecule has 1 atom stereocenters. The van der Waals surface area contributed by atoms with Gasteiger partial charge in [0.1, 0.15) is 12.3 Å². The molecule has 144 valence electrons. The Labute approximate surface area is 161 Å². The van der Waals surface area contributed by atoms with E-state index >= 15 is 0 Å². The molecule has 28 heavy (non-hydrogen) atoms. The van der Waals surface area contributed by atoms with E-state index < -0.39 is 24.1 Å². The van der Waals surface area contributed by atoms with Crippen LogP contribution in [0.5, 0.6) is 5.75 Å². The highest BCUT2D eigenvalue weighted by molar-refractivity contribution is 5.96. The Morgan fingerprint density at radius 3 is 2.61 bits per heavy atom. The van der Waals surface area contributed by atoms with Crippen molar-refractivity contribution in [2.75, 3.05) is 6.54 Å². The first-order valence-corrected chi connectivity index (χ1v) is 8.50. The number of amides is 1. The fraction of sp³-hybridized carbons (Fsp3) is 0.150. The Hall–Kier alpha value is -3.65. The van der Waals surface area contributed by atoms with Crippen LogP contribution in [0.2, 0.25) is 0 Å². The van der Waals surface area contributed by atoms with E-state index in [1.54, 1.807) is 24.4 Å². The molecule has 0 bridgehead atoms. The second kappa shape index (κ2) is 8.36. The maximum atomic E-state index is 12.2. The van der Waals surface area contributed by atoms with Crippen molar-refractivity contribution in [3.8, 4) is 5.75 Å². The average molecular weight is 381 g/mol. The molecule has 2 aromatic rings. The normalized spacial score (nSPS) is 17.7. The van der Waals surface area contributed by atoms with E-state index in [-0.39, 0.29) is 18.1 Å². The van der Waals surface area contributed by atoms with Crippen LogP contribution in [0.1, 0.15) is 21.7 Å². The van der Waals surface area contributed by atoms with Crippen LogP contribution in [-0.2, 0) is 21.9 Å². The van der Waals surface area contributed by atoms with Crippen molar-refractivity contribution in [1.29, 1.82) is 0 Å². The predicted molar refractivity (Wildman–Crippen MR) is 100 cm³/mol. The lowest BCUT2D eigenvalue weighted by Crippen LogP contribution is -2.42. The van der Waals surface area contributed by atoms with Crippen LogP contribution >= 0.6 is 0 Å². The minimum atomic E-state index is -1.20.